The van der Waals surface area contributed by atoms with E-state index in [0.29, 0.717) is 17.9 Å². The Hall–Kier alpha value is -6.19. The summed E-state index contributed by atoms with van der Waals surface area (Å²) in [5.41, 5.74) is 6.76. The lowest BCUT2D eigenvalue weighted by atomic mass is 9.77. The van der Waals surface area contributed by atoms with E-state index in [1.165, 1.54) is 0 Å². The highest BCUT2D eigenvalue weighted by Gasteiger charge is 2.42. The number of aromatic nitrogens is 6. The van der Waals surface area contributed by atoms with Crippen molar-refractivity contribution in [3.63, 3.8) is 0 Å². The summed E-state index contributed by atoms with van der Waals surface area (Å²) in [7, 11) is 0. The van der Waals surface area contributed by atoms with Crippen molar-refractivity contribution in [3.05, 3.63) is 173 Å². The molecule has 0 saturated heterocycles. The Morgan fingerprint density at radius 3 is 1.78 bits per heavy atom. The van der Waals surface area contributed by atoms with Crippen molar-refractivity contribution in [3.8, 4) is 28.2 Å². The Labute approximate surface area is 322 Å². The summed E-state index contributed by atoms with van der Waals surface area (Å²) in [6.45, 7) is 7.61. The van der Waals surface area contributed by atoms with Gasteiger partial charge >= 0.3 is 5.97 Å². The molecule has 0 aliphatic heterocycles. The number of aryl methyl sites for hydroxylation is 1. The van der Waals surface area contributed by atoms with Gasteiger partial charge in [0.15, 0.2) is 5.82 Å². The van der Waals surface area contributed by atoms with Gasteiger partial charge in [0.05, 0.1) is 30.0 Å². The van der Waals surface area contributed by atoms with Crippen LogP contribution in [0.3, 0.4) is 0 Å². The highest BCUT2D eigenvalue weighted by atomic mass is 16.5. The second-order valence-corrected chi connectivity index (χ2v) is 14.6. The predicted molar refractivity (Wildman–Crippen MR) is 214 cm³/mol. The van der Waals surface area contributed by atoms with Gasteiger partial charge in [-0.25, -0.2) is 9.67 Å². The quantitative estimate of drug-likeness (QED) is 0.0935. The third kappa shape index (κ3) is 7.23. The molecule has 0 aliphatic carbocycles. The average molecular weight is 731 g/mol. The van der Waals surface area contributed by atoms with E-state index in [1.807, 2.05) is 55.8 Å². The summed E-state index contributed by atoms with van der Waals surface area (Å²) in [6, 6.07) is 47.7. The number of carbonyl (C=O) groups is 1. The second kappa shape index (κ2) is 16.0. The molecular formula is C46H46N6O3. The summed E-state index contributed by atoms with van der Waals surface area (Å²) < 4.78 is 9.69. The summed E-state index contributed by atoms with van der Waals surface area (Å²) in [4.78, 5) is 17.4. The maximum atomic E-state index is 12.5. The number of tetrazole rings is 1. The van der Waals surface area contributed by atoms with E-state index < -0.39 is 11.0 Å². The second-order valence-electron chi connectivity index (χ2n) is 14.6. The lowest BCUT2D eigenvalue weighted by Gasteiger charge is -2.36. The SMILES string of the molecule is CCCc1nc(CO)c(CCOC(=O)C(C)(C)C)n1-c1ccc(-c2ccccc2-c2nnnn2C(c2ccccc2)(c2ccccc2)c2ccccc2)cc1. The maximum absolute atomic E-state index is 12.5. The minimum Gasteiger partial charge on any atom is -0.465 e. The Kier molecular flexibility index (Phi) is 10.8. The third-order valence-corrected chi connectivity index (χ3v) is 9.90. The van der Waals surface area contributed by atoms with Crippen LogP contribution in [0.4, 0.5) is 0 Å². The lowest BCUT2D eigenvalue weighted by Crippen LogP contribution is -2.39. The molecule has 1 N–H and O–H groups in total. The molecule has 0 atom stereocenters. The molecule has 7 rings (SSSR count). The van der Waals surface area contributed by atoms with Crippen molar-refractivity contribution >= 4 is 5.97 Å². The zero-order valence-corrected chi connectivity index (χ0v) is 31.8. The van der Waals surface area contributed by atoms with Crippen molar-refractivity contribution in [2.24, 2.45) is 5.41 Å². The first-order chi connectivity index (χ1) is 26.8. The van der Waals surface area contributed by atoms with Crippen LogP contribution in [-0.2, 0) is 34.5 Å². The number of carbonyl (C=O) groups excluding carboxylic acids is 1. The van der Waals surface area contributed by atoms with Gasteiger partial charge < -0.3 is 14.4 Å². The normalized spacial score (nSPS) is 11.8. The van der Waals surface area contributed by atoms with Gasteiger partial charge in [0.1, 0.15) is 11.4 Å². The molecule has 5 aromatic carbocycles. The molecule has 2 aromatic heterocycles. The van der Waals surface area contributed by atoms with Crippen LogP contribution in [0.5, 0.6) is 0 Å². The molecule has 9 nitrogen and oxygen atoms in total. The van der Waals surface area contributed by atoms with Crippen LogP contribution < -0.4 is 0 Å². The highest BCUT2D eigenvalue weighted by molar-refractivity contribution is 5.81. The van der Waals surface area contributed by atoms with Gasteiger partial charge in [0, 0.05) is 24.1 Å². The predicted octanol–water partition coefficient (Wildman–Crippen LogP) is 8.61. The largest absolute Gasteiger partial charge is 0.465 e. The van der Waals surface area contributed by atoms with E-state index in [9.17, 15) is 9.90 Å². The minimum absolute atomic E-state index is 0.191. The molecule has 7 aromatic rings. The molecule has 0 bridgehead atoms. The molecule has 278 valence electrons. The van der Waals surface area contributed by atoms with Crippen molar-refractivity contribution < 1.29 is 14.6 Å². The molecule has 0 radical (unpaired) electrons. The van der Waals surface area contributed by atoms with Crippen LogP contribution >= 0.6 is 0 Å². The van der Waals surface area contributed by atoms with Crippen LogP contribution in [0.1, 0.15) is 68.0 Å². The molecule has 0 saturated carbocycles. The molecule has 0 fully saturated rings. The zero-order valence-electron chi connectivity index (χ0n) is 31.8. The molecule has 2 heterocycles. The average Bonchev–Trinajstić information content (AvgIpc) is 3.84. The smallest absolute Gasteiger partial charge is 0.311 e. The number of benzene rings is 5. The fourth-order valence-electron chi connectivity index (χ4n) is 7.30. The van der Waals surface area contributed by atoms with Gasteiger partial charge in [0.25, 0.3) is 0 Å². The molecule has 9 heteroatoms. The number of hydrogen-bond acceptors (Lipinski definition) is 7. The fourth-order valence-corrected chi connectivity index (χ4v) is 7.30. The summed E-state index contributed by atoms with van der Waals surface area (Å²) in [6.07, 6.45) is 2.04. The Bertz CT molecular complexity index is 2250. The molecule has 0 spiro atoms. The first-order valence-electron chi connectivity index (χ1n) is 18.8. The topological polar surface area (TPSA) is 108 Å². The number of aliphatic hydroxyl groups excluding tert-OH is 1. The van der Waals surface area contributed by atoms with Crippen LogP contribution in [0.2, 0.25) is 0 Å². The molecule has 0 amide bonds. The number of imidazole rings is 1. The number of aliphatic hydroxyl groups is 1. The van der Waals surface area contributed by atoms with E-state index in [0.717, 1.165) is 63.4 Å². The van der Waals surface area contributed by atoms with Crippen LogP contribution in [-0.4, -0.2) is 47.4 Å². The van der Waals surface area contributed by atoms with Crippen molar-refractivity contribution in [2.75, 3.05) is 6.61 Å². The summed E-state index contributed by atoms with van der Waals surface area (Å²) in [5, 5.41) is 24.1. The van der Waals surface area contributed by atoms with E-state index in [4.69, 9.17) is 20.0 Å². The molecule has 55 heavy (non-hydrogen) atoms. The molecular weight excluding hydrogens is 685 g/mol. The summed E-state index contributed by atoms with van der Waals surface area (Å²) >= 11 is 0. The number of ether oxygens (including phenoxy) is 1. The van der Waals surface area contributed by atoms with E-state index in [-0.39, 0.29) is 19.2 Å². The van der Waals surface area contributed by atoms with Crippen molar-refractivity contribution in [1.29, 1.82) is 0 Å². The standard InChI is InChI=1S/C46H46N6O3/c1-5-17-42-47-40(32-53)41(30-31-55-44(54)45(2,3)4)51(42)37-28-26-33(27-29-37)38-24-15-16-25-39(38)43-48-49-50-52(43)46(34-18-9-6-10-19-34,35-20-11-7-12-21-35)36-22-13-8-14-23-36/h6-16,18-29,53H,5,17,30-32H2,1-4H3. The Morgan fingerprint density at radius 1 is 0.709 bits per heavy atom. The number of nitrogens with zero attached hydrogens (tertiary/aromatic N) is 6. The van der Waals surface area contributed by atoms with Gasteiger partial charge in [-0.15, -0.1) is 5.10 Å². The van der Waals surface area contributed by atoms with E-state index >= 15 is 0 Å². The Balaban J connectivity index is 1.33. The van der Waals surface area contributed by atoms with E-state index in [1.54, 1.807) is 0 Å². The number of hydrogen-bond donors (Lipinski definition) is 1. The number of rotatable bonds is 13. The van der Waals surface area contributed by atoms with Crippen molar-refractivity contribution in [2.45, 2.75) is 59.1 Å². The van der Waals surface area contributed by atoms with Crippen LogP contribution in [0.15, 0.2) is 140 Å². The third-order valence-electron chi connectivity index (χ3n) is 9.90. The van der Waals surface area contributed by atoms with Crippen molar-refractivity contribution in [1.82, 2.24) is 29.8 Å². The van der Waals surface area contributed by atoms with Gasteiger partial charge in [-0.05, 0) is 77.6 Å². The maximum Gasteiger partial charge on any atom is 0.311 e. The monoisotopic (exact) mass is 730 g/mol. The van der Waals surface area contributed by atoms with E-state index in [2.05, 4.69) is 126 Å². The first-order valence-corrected chi connectivity index (χ1v) is 18.8. The Morgan fingerprint density at radius 2 is 1.25 bits per heavy atom. The summed E-state index contributed by atoms with van der Waals surface area (Å²) in [5.74, 6) is 1.21. The lowest BCUT2D eigenvalue weighted by molar-refractivity contribution is -0.152. The van der Waals surface area contributed by atoms with Gasteiger partial charge in [-0.2, -0.15) is 0 Å². The molecule has 0 unspecified atom stereocenters. The molecule has 0 aliphatic rings. The van der Waals surface area contributed by atoms with Crippen LogP contribution in [0, 0.1) is 5.41 Å². The minimum atomic E-state index is -0.890. The van der Waals surface area contributed by atoms with Gasteiger partial charge in [0.2, 0.25) is 0 Å². The fraction of sp³-hybridized carbons (Fsp3) is 0.239. The van der Waals surface area contributed by atoms with Gasteiger partial charge in [-0.1, -0.05) is 134 Å². The number of esters is 1. The van der Waals surface area contributed by atoms with Gasteiger partial charge in [-0.3, -0.25) is 4.79 Å². The first kappa shape index (κ1) is 37.1. The van der Waals surface area contributed by atoms with Crippen LogP contribution in [0.25, 0.3) is 28.2 Å². The highest BCUT2D eigenvalue weighted by Crippen LogP contribution is 2.43. The zero-order chi connectivity index (χ0) is 38.4.